The lowest BCUT2D eigenvalue weighted by atomic mass is 10.1. The molecule has 1 aromatic heterocycles. The van der Waals surface area contributed by atoms with Crippen LogP contribution in [0.25, 0.3) is 10.2 Å². The highest BCUT2D eigenvalue weighted by molar-refractivity contribution is 7.18. The summed E-state index contributed by atoms with van der Waals surface area (Å²) in [4.78, 5) is 9.61. The molecule has 0 aliphatic carbocycles. The second kappa shape index (κ2) is 8.95. The molecule has 6 heteroatoms. The van der Waals surface area contributed by atoms with Gasteiger partial charge in [0, 0.05) is 38.3 Å². The van der Waals surface area contributed by atoms with Gasteiger partial charge in [-0.1, -0.05) is 24.3 Å². The first-order valence-corrected chi connectivity index (χ1v) is 10.8. The average Bonchev–Trinajstić information content (AvgIpc) is 3.14. The van der Waals surface area contributed by atoms with E-state index in [1.165, 1.54) is 9.71 Å². The summed E-state index contributed by atoms with van der Waals surface area (Å²) in [6.45, 7) is 9.38. The van der Waals surface area contributed by atoms with Crippen molar-refractivity contribution in [2.45, 2.75) is 19.5 Å². The van der Waals surface area contributed by atoms with E-state index in [9.17, 15) is 5.11 Å². The first-order valence-electron chi connectivity index (χ1n) is 9.95. The van der Waals surface area contributed by atoms with Crippen molar-refractivity contribution < 1.29 is 9.84 Å². The summed E-state index contributed by atoms with van der Waals surface area (Å²) in [6.07, 6.45) is 2.63. The van der Waals surface area contributed by atoms with Crippen molar-refractivity contribution in [3.05, 3.63) is 65.2 Å². The van der Waals surface area contributed by atoms with E-state index >= 15 is 0 Å². The van der Waals surface area contributed by atoms with Gasteiger partial charge in [0.2, 0.25) is 0 Å². The molecule has 1 saturated heterocycles. The number of hydrogen-bond donors (Lipinski definition) is 1. The third-order valence-electron chi connectivity index (χ3n) is 5.37. The van der Waals surface area contributed by atoms with E-state index in [0.29, 0.717) is 5.75 Å². The Morgan fingerprint density at radius 3 is 2.55 bits per heavy atom. The Morgan fingerprint density at radius 1 is 1.14 bits per heavy atom. The topological polar surface area (TPSA) is 48.8 Å². The molecule has 152 valence electrons. The van der Waals surface area contributed by atoms with Gasteiger partial charge in [-0.3, -0.25) is 9.80 Å². The van der Waals surface area contributed by atoms with Gasteiger partial charge >= 0.3 is 0 Å². The number of aromatic nitrogens is 1. The Bertz CT molecular complexity index is 960. The van der Waals surface area contributed by atoms with E-state index < -0.39 is 0 Å². The number of phenols is 1. The Labute approximate surface area is 175 Å². The molecule has 4 rings (SSSR count). The van der Waals surface area contributed by atoms with Crippen LogP contribution in [0.5, 0.6) is 11.5 Å². The fourth-order valence-electron chi connectivity index (χ4n) is 3.81. The summed E-state index contributed by atoms with van der Waals surface area (Å²) in [5.41, 5.74) is 3.12. The number of rotatable bonds is 7. The van der Waals surface area contributed by atoms with Crippen LogP contribution in [0.2, 0.25) is 0 Å². The van der Waals surface area contributed by atoms with E-state index in [4.69, 9.17) is 9.72 Å². The summed E-state index contributed by atoms with van der Waals surface area (Å²) in [5.74, 6) is 0.783. The van der Waals surface area contributed by atoms with Crippen molar-refractivity contribution in [2.75, 3.05) is 33.3 Å². The van der Waals surface area contributed by atoms with Crippen molar-refractivity contribution >= 4 is 21.6 Å². The Morgan fingerprint density at radius 2 is 1.86 bits per heavy atom. The number of nitrogens with zero attached hydrogens (tertiary/aromatic N) is 3. The minimum Gasteiger partial charge on any atom is -0.504 e. The molecule has 1 aliphatic heterocycles. The Kier molecular flexibility index (Phi) is 6.13. The van der Waals surface area contributed by atoms with Crippen LogP contribution in [0.15, 0.2) is 49.1 Å². The minimum atomic E-state index is 0.247. The highest BCUT2D eigenvalue weighted by Crippen LogP contribution is 2.33. The number of allylic oxidation sites excluding steroid dienone is 1. The standard InChI is InChI=1S/C23H27N3O2S/c1-3-6-17-13-18(23(27)20(14-17)28-2)15-25-9-11-26(12-10-25)16-22-24-19-7-4-5-8-21(19)29-22/h3-5,7-8,13-14,27H,1,6,9-12,15-16H2,2H3. The largest absolute Gasteiger partial charge is 0.504 e. The molecule has 1 N–H and O–H groups in total. The molecule has 2 heterocycles. The molecule has 0 bridgehead atoms. The molecule has 29 heavy (non-hydrogen) atoms. The minimum absolute atomic E-state index is 0.247. The second-order valence-corrected chi connectivity index (χ2v) is 8.54. The molecular formula is C23H27N3O2S. The zero-order valence-corrected chi connectivity index (χ0v) is 17.6. The number of ether oxygens (including phenoxy) is 1. The predicted molar refractivity (Wildman–Crippen MR) is 119 cm³/mol. The number of aromatic hydroxyl groups is 1. The van der Waals surface area contributed by atoms with E-state index in [-0.39, 0.29) is 5.75 Å². The third kappa shape index (κ3) is 4.61. The SMILES string of the molecule is C=CCc1cc(CN2CCN(Cc3nc4ccccc4s3)CC2)c(O)c(OC)c1. The highest BCUT2D eigenvalue weighted by atomic mass is 32.1. The van der Waals surface area contributed by atoms with E-state index in [1.54, 1.807) is 18.4 Å². The van der Waals surface area contributed by atoms with Crippen LogP contribution in [0, 0.1) is 0 Å². The van der Waals surface area contributed by atoms with E-state index in [0.717, 1.165) is 62.3 Å². The summed E-state index contributed by atoms with van der Waals surface area (Å²) in [5, 5.41) is 11.7. The molecule has 5 nitrogen and oxygen atoms in total. The quantitative estimate of drug-likeness (QED) is 0.597. The molecule has 0 unspecified atom stereocenters. The summed E-state index contributed by atoms with van der Waals surface area (Å²) < 4.78 is 6.61. The smallest absolute Gasteiger partial charge is 0.162 e. The van der Waals surface area contributed by atoms with Gasteiger partial charge in [0.25, 0.3) is 0 Å². The number of piperazine rings is 1. The molecule has 1 fully saturated rings. The van der Waals surface area contributed by atoms with Gasteiger partial charge in [0.1, 0.15) is 5.01 Å². The molecule has 3 aromatic rings. The number of fused-ring (bicyclic) bond motifs is 1. The number of para-hydroxylation sites is 1. The molecule has 1 aliphatic rings. The maximum Gasteiger partial charge on any atom is 0.162 e. The number of hydrogen-bond acceptors (Lipinski definition) is 6. The molecule has 0 spiro atoms. The highest BCUT2D eigenvalue weighted by Gasteiger charge is 2.20. The normalized spacial score (nSPS) is 15.6. The van der Waals surface area contributed by atoms with Crippen molar-refractivity contribution in [1.29, 1.82) is 0 Å². The molecule has 0 saturated carbocycles. The first-order chi connectivity index (χ1) is 14.2. The molecule has 2 aromatic carbocycles. The fraction of sp³-hybridized carbons (Fsp3) is 0.348. The van der Waals surface area contributed by atoms with Crippen LogP contribution in [0.3, 0.4) is 0 Å². The van der Waals surface area contributed by atoms with Gasteiger partial charge in [0.05, 0.1) is 23.9 Å². The molecular weight excluding hydrogens is 382 g/mol. The maximum absolute atomic E-state index is 10.5. The van der Waals surface area contributed by atoms with E-state index in [2.05, 4.69) is 40.6 Å². The van der Waals surface area contributed by atoms with Crippen LogP contribution >= 0.6 is 11.3 Å². The Hall–Kier alpha value is -2.41. The average molecular weight is 410 g/mol. The van der Waals surface area contributed by atoms with Crippen LogP contribution in [-0.4, -0.2) is 53.2 Å². The number of methoxy groups -OCH3 is 1. The number of thiazole rings is 1. The lowest BCUT2D eigenvalue weighted by Crippen LogP contribution is -2.45. The fourth-order valence-corrected chi connectivity index (χ4v) is 4.82. The molecule has 0 radical (unpaired) electrons. The van der Waals surface area contributed by atoms with Crippen molar-refractivity contribution in [3.63, 3.8) is 0 Å². The summed E-state index contributed by atoms with van der Waals surface area (Å²) in [6, 6.07) is 12.3. The van der Waals surface area contributed by atoms with Crippen LogP contribution in [0.1, 0.15) is 16.1 Å². The lowest BCUT2D eigenvalue weighted by molar-refractivity contribution is 0.121. The van der Waals surface area contributed by atoms with Gasteiger partial charge in [0.15, 0.2) is 11.5 Å². The van der Waals surface area contributed by atoms with Gasteiger partial charge < -0.3 is 9.84 Å². The van der Waals surface area contributed by atoms with Crippen molar-refractivity contribution in [3.8, 4) is 11.5 Å². The third-order valence-corrected chi connectivity index (χ3v) is 6.39. The molecule has 0 atom stereocenters. The zero-order valence-electron chi connectivity index (χ0n) is 16.8. The first kappa shape index (κ1) is 19.9. The van der Waals surface area contributed by atoms with Gasteiger partial charge in [-0.05, 0) is 30.2 Å². The van der Waals surface area contributed by atoms with Gasteiger partial charge in [-0.15, -0.1) is 17.9 Å². The summed E-state index contributed by atoms with van der Waals surface area (Å²) >= 11 is 1.79. The van der Waals surface area contributed by atoms with Crippen LogP contribution in [-0.2, 0) is 19.5 Å². The Balaban J connectivity index is 1.37. The van der Waals surface area contributed by atoms with Gasteiger partial charge in [-0.25, -0.2) is 4.98 Å². The van der Waals surface area contributed by atoms with Crippen molar-refractivity contribution in [2.24, 2.45) is 0 Å². The number of benzene rings is 2. The molecule has 0 amide bonds. The van der Waals surface area contributed by atoms with E-state index in [1.807, 2.05) is 18.2 Å². The second-order valence-electron chi connectivity index (χ2n) is 7.43. The maximum atomic E-state index is 10.5. The number of phenolic OH excluding ortho intramolecular Hbond substituents is 1. The van der Waals surface area contributed by atoms with Crippen LogP contribution in [0.4, 0.5) is 0 Å². The lowest BCUT2D eigenvalue weighted by Gasteiger charge is -2.34. The monoisotopic (exact) mass is 409 g/mol. The van der Waals surface area contributed by atoms with Crippen LogP contribution < -0.4 is 4.74 Å². The zero-order chi connectivity index (χ0) is 20.2. The summed E-state index contributed by atoms with van der Waals surface area (Å²) in [7, 11) is 1.59. The predicted octanol–water partition coefficient (Wildman–Crippen LogP) is 4.06. The van der Waals surface area contributed by atoms with Gasteiger partial charge in [-0.2, -0.15) is 0 Å². The van der Waals surface area contributed by atoms with Crippen molar-refractivity contribution in [1.82, 2.24) is 14.8 Å².